The van der Waals surface area contributed by atoms with E-state index in [0.717, 1.165) is 0 Å². The molecule has 13 heteroatoms. The van der Waals surface area contributed by atoms with Crippen LogP contribution < -0.4 is 33.0 Å². The Morgan fingerprint density at radius 2 is 1.86 bits per heavy atom. The molecule has 0 bridgehead atoms. The predicted molar refractivity (Wildman–Crippen MR) is 104 cm³/mol. The van der Waals surface area contributed by atoms with Crippen molar-refractivity contribution in [1.29, 1.82) is 0 Å². The average Bonchev–Trinajstić information content (AvgIpc) is 2.62. The third-order valence-corrected chi connectivity index (χ3v) is 3.68. The maximum Gasteiger partial charge on any atom is 0.326 e. The van der Waals surface area contributed by atoms with Crippen molar-refractivity contribution in [3.63, 3.8) is 0 Å². The number of hydrogen-bond acceptors (Lipinski definition) is 8. The summed E-state index contributed by atoms with van der Waals surface area (Å²) in [5.41, 5.74) is 10.0. The van der Waals surface area contributed by atoms with E-state index in [9.17, 15) is 19.2 Å². The summed E-state index contributed by atoms with van der Waals surface area (Å²) in [6, 6.07) is 0.806. The van der Waals surface area contributed by atoms with Crippen molar-refractivity contribution in [2.24, 2.45) is 5.92 Å². The molecule has 2 aromatic rings. The molecule has 2 rings (SSSR count). The summed E-state index contributed by atoms with van der Waals surface area (Å²) in [6.45, 7) is 3.32. The van der Waals surface area contributed by atoms with Crippen molar-refractivity contribution < 1.29 is 19.5 Å². The van der Waals surface area contributed by atoms with Gasteiger partial charge < -0.3 is 27.2 Å². The monoisotopic (exact) mass is 404 g/mol. The smallest absolute Gasteiger partial charge is 0.326 e. The van der Waals surface area contributed by atoms with Crippen LogP contribution in [0.25, 0.3) is 0 Å². The molecule has 9 N–H and O–H groups in total. The first-order chi connectivity index (χ1) is 13.6. The van der Waals surface area contributed by atoms with Gasteiger partial charge in [-0.1, -0.05) is 13.8 Å². The number of H-pyrrole nitrogens is 1. The number of carbonyl (C=O) groups is 3. The van der Waals surface area contributed by atoms with Gasteiger partial charge in [0.15, 0.2) is 11.5 Å². The van der Waals surface area contributed by atoms with Gasteiger partial charge in [-0.3, -0.25) is 19.9 Å². The quantitative estimate of drug-likeness (QED) is 0.339. The van der Waals surface area contributed by atoms with E-state index in [2.05, 4.69) is 30.9 Å². The lowest BCUT2D eigenvalue weighted by Crippen LogP contribution is -2.44. The number of carboxylic acid groups (broad SMARTS) is 1. The molecule has 0 unspecified atom stereocenters. The topological polar surface area (TPSA) is 218 Å². The zero-order chi connectivity index (χ0) is 21.7. The van der Waals surface area contributed by atoms with E-state index in [-0.39, 0.29) is 34.8 Å². The molecule has 0 saturated heterocycles. The summed E-state index contributed by atoms with van der Waals surface area (Å²) < 4.78 is 0. The van der Waals surface area contributed by atoms with Gasteiger partial charge in [-0.2, -0.15) is 4.98 Å². The van der Waals surface area contributed by atoms with Gasteiger partial charge in [0.1, 0.15) is 11.7 Å². The molecule has 0 saturated carbocycles. The van der Waals surface area contributed by atoms with E-state index in [1.807, 2.05) is 0 Å². The number of aliphatic carboxylic acids is 1. The number of nitrogens with two attached hydrogens (primary N) is 2. The summed E-state index contributed by atoms with van der Waals surface area (Å²) in [4.78, 5) is 56.8. The molecule has 0 aromatic carbocycles. The Hall–Kier alpha value is -4.16. The first-order valence-corrected chi connectivity index (χ1v) is 8.31. The molecule has 0 aliphatic heterocycles. The fourth-order valence-corrected chi connectivity index (χ4v) is 2.24. The third kappa shape index (κ3) is 5.41. The SMILES string of the molecule is CC(C)[C@H](NC(=O)c1ccc(NC(=O)Nc2c(N)nc(N)[nH]c2=O)cn1)C(=O)O. The first-order valence-electron chi connectivity index (χ1n) is 8.31. The van der Waals surface area contributed by atoms with Crippen LogP contribution >= 0.6 is 0 Å². The van der Waals surface area contributed by atoms with E-state index >= 15 is 0 Å². The number of urea groups is 1. The molecule has 3 amide bonds. The number of aromatic amines is 1. The molecule has 2 heterocycles. The Labute approximate surface area is 163 Å². The van der Waals surface area contributed by atoms with Crippen molar-refractivity contribution in [2.75, 3.05) is 22.1 Å². The van der Waals surface area contributed by atoms with Gasteiger partial charge in [-0.15, -0.1) is 0 Å². The highest BCUT2D eigenvalue weighted by atomic mass is 16.4. The lowest BCUT2D eigenvalue weighted by Gasteiger charge is -2.17. The summed E-state index contributed by atoms with van der Waals surface area (Å²) in [7, 11) is 0. The lowest BCUT2D eigenvalue weighted by molar-refractivity contribution is -0.140. The number of carbonyl (C=O) groups excluding carboxylic acids is 2. The minimum absolute atomic E-state index is 0.0359. The van der Waals surface area contributed by atoms with Crippen LogP contribution in [0.4, 0.5) is 27.9 Å². The van der Waals surface area contributed by atoms with Crippen molar-refractivity contribution in [3.05, 3.63) is 34.4 Å². The van der Waals surface area contributed by atoms with Gasteiger partial charge in [-0.05, 0) is 18.1 Å². The van der Waals surface area contributed by atoms with Crippen molar-refractivity contribution in [2.45, 2.75) is 19.9 Å². The van der Waals surface area contributed by atoms with Crippen LogP contribution in [0.5, 0.6) is 0 Å². The molecule has 29 heavy (non-hydrogen) atoms. The molecule has 154 valence electrons. The van der Waals surface area contributed by atoms with Gasteiger partial charge in [0, 0.05) is 0 Å². The minimum Gasteiger partial charge on any atom is -0.480 e. The van der Waals surface area contributed by atoms with Crippen LogP contribution in [-0.4, -0.2) is 44.0 Å². The van der Waals surface area contributed by atoms with E-state index in [4.69, 9.17) is 16.6 Å². The normalized spacial score (nSPS) is 11.6. The van der Waals surface area contributed by atoms with E-state index in [1.54, 1.807) is 13.8 Å². The zero-order valence-electron chi connectivity index (χ0n) is 15.5. The second-order valence-electron chi connectivity index (χ2n) is 6.26. The summed E-state index contributed by atoms with van der Waals surface area (Å²) in [5.74, 6) is -2.60. The fourth-order valence-electron chi connectivity index (χ4n) is 2.24. The standard InChI is InChI=1S/C16H20N8O5/c1-6(2)9(14(27)28)21-12(25)8-4-3-7(5-19-8)20-16(29)22-10-11(17)23-15(18)24-13(10)26/h3-6,9H,1-2H3,(H,21,25)(H,27,28)(H2,20,22,29)(H5,17,18,23,24,26)/t9-/m0/s1. The van der Waals surface area contributed by atoms with E-state index in [0.29, 0.717) is 0 Å². The average molecular weight is 404 g/mol. The predicted octanol–water partition coefficient (Wildman–Crippen LogP) is -0.188. The minimum atomic E-state index is -1.16. The Morgan fingerprint density at radius 3 is 2.38 bits per heavy atom. The van der Waals surface area contributed by atoms with Crippen LogP contribution in [0, 0.1) is 5.92 Å². The molecule has 1 atom stereocenters. The first kappa shape index (κ1) is 21.1. The maximum atomic E-state index is 12.1. The molecule has 0 spiro atoms. The van der Waals surface area contributed by atoms with E-state index in [1.165, 1.54) is 18.3 Å². The van der Waals surface area contributed by atoms with Gasteiger partial charge in [0.05, 0.1) is 11.9 Å². The summed E-state index contributed by atoms with van der Waals surface area (Å²) in [6.07, 6.45) is 1.19. The highest BCUT2D eigenvalue weighted by Gasteiger charge is 2.24. The highest BCUT2D eigenvalue weighted by molar-refractivity contribution is 6.01. The highest BCUT2D eigenvalue weighted by Crippen LogP contribution is 2.12. The molecule has 13 nitrogen and oxygen atoms in total. The molecule has 0 radical (unpaired) electrons. The van der Waals surface area contributed by atoms with E-state index < -0.39 is 29.5 Å². The third-order valence-electron chi connectivity index (χ3n) is 3.68. The fraction of sp³-hybridized carbons (Fsp3) is 0.250. The van der Waals surface area contributed by atoms with Gasteiger partial charge in [-0.25, -0.2) is 14.6 Å². The number of carboxylic acids is 1. The molecular weight excluding hydrogens is 384 g/mol. The number of nitrogen functional groups attached to an aromatic ring is 2. The largest absolute Gasteiger partial charge is 0.480 e. The van der Waals surface area contributed by atoms with Gasteiger partial charge in [0.2, 0.25) is 5.95 Å². The Balaban J connectivity index is 2.03. The Morgan fingerprint density at radius 1 is 1.17 bits per heavy atom. The lowest BCUT2D eigenvalue weighted by atomic mass is 10.0. The van der Waals surface area contributed by atoms with Gasteiger partial charge in [0.25, 0.3) is 11.5 Å². The van der Waals surface area contributed by atoms with Crippen LogP contribution in [0.3, 0.4) is 0 Å². The van der Waals surface area contributed by atoms with Crippen LogP contribution in [0.2, 0.25) is 0 Å². The number of anilines is 4. The Kier molecular flexibility index (Phi) is 6.33. The molecule has 0 aliphatic carbocycles. The van der Waals surface area contributed by atoms with Crippen molar-refractivity contribution in [1.82, 2.24) is 20.3 Å². The zero-order valence-corrected chi connectivity index (χ0v) is 15.5. The van der Waals surface area contributed by atoms with Crippen LogP contribution in [0.15, 0.2) is 23.1 Å². The summed E-state index contributed by atoms with van der Waals surface area (Å²) in [5, 5.41) is 16.1. The number of nitrogens with one attached hydrogen (secondary N) is 4. The van der Waals surface area contributed by atoms with Gasteiger partial charge >= 0.3 is 12.0 Å². The second-order valence-corrected chi connectivity index (χ2v) is 6.26. The summed E-state index contributed by atoms with van der Waals surface area (Å²) >= 11 is 0. The van der Waals surface area contributed by atoms with Crippen LogP contribution in [0.1, 0.15) is 24.3 Å². The maximum absolute atomic E-state index is 12.1. The second kappa shape index (κ2) is 8.69. The number of hydrogen-bond donors (Lipinski definition) is 7. The molecule has 0 fully saturated rings. The van der Waals surface area contributed by atoms with Crippen molar-refractivity contribution >= 4 is 41.0 Å². The number of amides is 3. The molecular formula is C16H20N8O5. The van der Waals surface area contributed by atoms with Crippen molar-refractivity contribution in [3.8, 4) is 0 Å². The Bertz CT molecular complexity index is 986. The molecule has 2 aromatic heterocycles. The number of rotatable bonds is 6. The number of nitrogens with zero attached hydrogens (tertiary/aromatic N) is 2. The molecule has 0 aliphatic rings. The number of pyridine rings is 1. The van der Waals surface area contributed by atoms with Crippen LogP contribution in [-0.2, 0) is 4.79 Å². The number of aromatic nitrogens is 3.